The lowest BCUT2D eigenvalue weighted by Gasteiger charge is -2.45. The number of hydrogen-bond donors (Lipinski definition) is 1. The van der Waals surface area contributed by atoms with Crippen LogP contribution in [-0.2, 0) is 28.1 Å². The average Bonchev–Trinajstić information content (AvgIpc) is 3.12. The number of halogens is 3. The van der Waals surface area contributed by atoms with E-state index in [0.29, 0.717) is 22.1 Å². The maximum absolute atomic E-state index is 15.0. The summed E-state index contributed by atoms with van der Waals surface area (Å²) in [5.41, 5.74) is -0.144. The number of fused-ring (bicyclic) bond motifs is 1. The molecule has 1 aliphatic rings. The van der Waals surface area contributed by atoms with Gasteiger partial charge in [0.15, 0.2) is 0 Å². The van der Waals surface area contributed by atoms with E-state index in [0.717, 1.165) is 5.56 Å². The van der Waals surface area contributed by atoms with Crippen molar-refractivity contribution in [1.82, 2.24) is 4.72 Å². The molecule has 0 aromatic heterocycles. The Morgan fingerprint density at radius 1 is 1.33 bits per heavy atom. The Morgan fingerprint density at radius 3 is 2.47 bits per heavy atom. The highest BCUT2D eigenvalue weighted by atomic mass is 79.9. The van der Waals surface area contributed by atoms with Gasteiger partial charge in [0.05, 0.1) is 16.8 Å². The van der Waals surface area contributed by atoms with Gasteiger partial charge >= 0.3 is 6.09 Å². The molecule has 196 valence electrons. The Hall–Kier alpha value is -1.58. The van der Waals surface area contributed by atoms with Crippen LogP contribution in [0.2, 0.25) is 5.02 Å². The molecule has 36 heavy (non-hydrogen) atoms. The van der Waals surface area contributed by atoms with Gasteiger partial charge in [0, 0.05) is 22.3 Å². The molecule has 0 spiro atoms. The van der Waals surface area contributed by atoms with E-state index in [9.17, 15) is 13.7 Å². The van der Waals surface area contributed by atoms with Gasteiger partial charge in [-0.1, -0.05) is 48.0 Å². The van der Waals surface area contributed by atoms with Crippen LogP contribution < -0.4 is 9.62 Å². The molecule has 1 N–H and O–H groups in total. The van der Waals surface area contributed by atoms with Crippen molar-refractivity contribution in [1.29, 1.82) is 0 Å². The molecule has 5 nitrogen and oxygen atoms in total. The Balaban J connectivity index is 2.36. The molecule has 0 saturated heterocycles. The van der Waals surface area contributed by atoms with Crippen molar-refractivity contribution >= 4 is 50.7 Å². The topological polar surface area (TPSA) is 64.6 Å². The second kappa shape index (κ2) is 10.7. The summed E-state index contributed by atoms with van der Waals surface area (Å²) in [7, 11) is 0. The van der Waals surface area contributed by atoms with Crippen LogP contribution in [0.3, 0.4) is 0 Å². The average molecular weight is 600 g/mol. The molecule has 3 rings (SSSR count). The van der Waals surface area contributed by atoms with E-state index < -0.39 is 45.2 Å². The Morgan fingerprint density at radius 2 is 1.94 bits per heavy atom. The van der Waals surface area contributed by atoms with Gasteiger partial charge in [0.1, 0.15) is 21.7 Å². The van der Waals surface area contributed by atoms with E-state index in [1.165, 1.54) is 11.0 Å². The number of amides is 1. The van der Waals surface area contributed by atoms with Crippen LogP contribution in [0.1, 0.15) is 59.1 Å². The first-order valence-corrected chi connectivity index (χ1v) is 14.0. The molecular weight excluding hydrogens is 567 g/mol. The minimum atomic E-state index is -1.48. The highest BCUT2D eigenvalue weighted by Gasteiger charge is 2.56. The number of carbonyl (C=O) groups excluding carboxylic acids is 1. The fourth-order valence-corrected chi connectivity index (χ4v) is 5.98. The second-order valence-corrected chi connectivity index (χ2v) is 14.0. The molecule has 2 aromatic rings. The Labute approximate surface area is 229 Å². The highest BCUT2D eigenvalue weighted by Crippen LogP contribution is 2.52. The first-order valence-electron chi connectivity index (χ1n) is 11.7. The predicted molar refractivity (Wildman–Crippen MR) is 149 cm³/mol. The number of nitrogens with one attached hydrogen (secondary N) is 1. The van der Waals surface area contributed by atoms with Gasteiger partial charge in [-0.05, 0) is 81.1 Å². The van der Waals surface area contributed by atoms with E-state index in [2.05, 4.69) is 27.2 Å². The van der Waals surface area contributed by atoms with Gasteiger partial charge in [-0.25, -0.2) is 9.18 Å². The number of benzene rings is 2. The summed E-state index contributed by atoms with van der Waals surface area (Å²) < 4.78 is 37.3. The van der Waals surface area contributed by atoms with Gasteiger partial charge in [-0.15, -0.1) is 11.3 Å². The third-order valence-electron chi connectivity index (χ3n) is 5.96. The van der Waals surface area contributed by atoms with Crippen molar-refractivity contribution in [2.75, 3.05) is 4.90 Å². The van der Waals surface area contributed by atoms with Crippen LogP contribution in [0.15, 0.2) is 53.5 Å². The van der Waals surface area contributed by atoms with Crippen LogP contribution >= 0.6 is 27.5 Å². The third-order valence-corrected chi connectivity index (χ3v) is 9.04. The molecule has 1 amide bonds. The van der Waals surface area contributed by atoms with Gasteiger partial charge in [0.25, 0.3) is 0 Å². The molecule has 1 aliphatic heterocycles. The molecule has 0 fully saturated rings. The predicted octanol–water partition coefficient (Wildman–Crippen LogP) is 7.43. The summed E-state index contributed by atoms with van der Waals surface area (Å²) in [4.78, 5) is 15.4. The van der Waals surface area contributed by atoms with Crippen molar-refractivity contribution in [2.45, 2.75) is 76.3 Å². The minimum Gasteiger partial charge on any atom is -0.598 e. The number of hydrogen-bond acceptors (Lipinski definition) is 4. The van der Waals surface area contributed by atoms with Gasteiger partial charge in [-0.3, -0.25) is 4.90 Å². The summed E-state index contributed by atoms with van der Waals surface area (Å²) >= 11 is 8.27. The number of rotatable bonds is 6. The fourth-order valence-electron chi connectivity index (χ4n) is 4.37. The Bertz CT molecular complexity index is 1140. The molecule has 0 bridgehead atoms. The van der Waals surface area contributed by atoms with Crippen molar-refractivity contribution in [3.63, 3.8) is 0 Å². The molecule has 0 saturated carbocycles. The largest absolute Gasteiger partial charge is 0.598 e. The van der Waals surface area contributed by atoms with E-state index in [4.69, 9.17) is 16.3 Å². The van der Waals surface area contributed by atoms with Gasteiger partial charge in [0.2, 0.25) is 0 Å². The van der Waals surface area contributed by atoms with Gasteiger partial charge in [-0.2, -0.15) is 0 Å². The molecule has 2 aromatic carbocycles. The summed E-state index contributed by atoms with van der Waals surface area (Å²) in [6.07, 6.45) is 1.73. The van der Waals surface area contributed by atoms with Crippen molar-refractivity contribution in [2.24, 2.45) is 0 Å². The molecule has 9 heteroatoms. The first kappa shape index (κ1) is 29.0. The van der Waals surface area contributed by atoms with Crippen LogP contribution in [0.5, 0.6) is 0 Å². The lowest BCUT2D eigenvalue weighted by Crippen LogP contribution is -2.62. The first-order chi connectivity index (χ1) is 16.6. The molecule has 1 heterocycles. The van der Waals surface area contributed by atoms with Crippen molar-refractivity contribution < 1.29 is 18.5 Å². The lowest BCUT2D eigenvalue weighted by molar-refractivity contribution is 0.0526. The highest BCUT2D eigenvalue weighted by molar-refractivity contribution is 9.10. The maximum Gasteiger partial charge on any atom is 0.415 e. The zero-order chi connectivity index (χ0) is 27.1. The van der Waals surface area contributed by atoms with E-state index in [1.807, 2.05) is 51.1 Å². The normalized spacial score (nSPS) is 19.6. The summed E-state index contributed by atoms with van der Waals surface area (Å²) in [5, 5.41) is -0.0618. The molecular formula is C27H33BrClFN2O3S. The van der Waals surface area contributed by atoms with Crippen LogP contribution in [-0.4, -0.2) is 27.0 Å². The van der Waals surface area contributed by atoms with E-state index in [-0.39, 0.29) is 11.4 Å². The lowest BCUT2D eigenvalue weighted by atomic mass is 9.78. The molecule has 3 atom stereocenters. The second-order valence-electron chi connectivity index (χ2n) is 10.8. The van der Waals surface area contributed by atoms with E-state index in [1.54, 1.807) is 26.8 Å². The smallest absolute Gasteiger partial charge is 0.415 e. The van der Waals surface area contributed by atoms with Crippen LogP contribution in [0.4, 0.5) is 14.9 Å². The standard InChI is InChI=1S/C27H33BrClFN2O3S/c1-8-12-21(31-36(34)26(5,6)7)27(17-13-10-9-11-14-17)16-18-20(15-19(30)23(29)22(18)28)32(27)24(33)35-25(2,3)4/h8-11,13-15,21,31H,1,12,16H2,2-7H3/t21-,27+,36?/m1/s1. The van der Waals surface area contributed by atoms with Crippen LogP contribution in [0, 0.1) is 5.82 Å². The maximum atomic E-state index is 15.0. The molecule has 1 unspecified atom stereocenters. The summed E-state index contributed by atoms with van der Waals surface area (Å²) in [6.45, 7) is 14.9. The van der Waals surface area contributed by atoms with Gasteiger partial charge < -0.3 is 9.29 Å². The molecule has 0 aliphatic carbocycles. The number of anilines is 1. The van der Waals surface area contributed by atoms with Crippen molar-refractivity contribution in [3.8, 4) is 0 Å². The third kappa shape index (κ3) is 5.63. The van der Waals surface area contributed by atoms with E-state index >= 15 is 0 Å². The number of nitrogens with zero attached hydrogens (tertiary/aromatic N) is 1. The quantitative estimate of drug-likeness (QED) is 0.213. The zero-order valence-electron chi connectivity index (χ0n) is 21.5. The minimum absolute atomic E-state index is 0.0618. The fraction of sp³-hybridized carbons (Fsp3) is 0.444. The zero-order valence-corrected chi connectivity index (χ0v) is 24.6. The Kier molecular flexibility index (Phi) is 8.58. The van der Waals surface area contributed by atoms with Crippen LogP contribution in [0.25, 0.3) is 0 Å². The van der Waals surface area contributed by atoms with Crippen molar-refractivity contribution in [3.05, 3.63) is 75.5 Å². The summed E-state index contributed by atoms with van der Waals surface area (Å²) in [6, 6.07) is 10.2. The number of ether oxygens (including phenoxy) is 1. The summed E-state index contributed by atoms with van der Waals surface area (Å²) in [5.74, 6) is -0.661. The SMILES string of the molecule is C=CC[C@@H](N[S+]([O-])C(C)(C)C)[C@@]1(c2ccccc2)Cc2c(cc(F)c(Cl)c2Br)N1C(=O)OC(C)(C)C. The number of carbonyl (C=O) groups is 1. The monoisotopic (exact) mass is 598 g/mol. The molecule has 0 radical (unpaired) electrons.